The quantitative estimate of drug-likeness (QED) is 0.735. The van der Waals surface area contributed by atoms with Crippen LogP contribution in [0, 0.1) is 0 Å². The second-order valence-corrected chi connectivity index (χ2v) is 6.47. The van der Waals surface area contributed by atoms with Crippen molar-refractivity contribution < 1.29 is 14.3 Å². The number of ether oxygens (including phenoxy) is 2. The van der Waals surface area contributed by atoms with E-state index in [0.717, 1.165) is 8.95 Å². The predicted molar refractivity (Wildman–Crippen MR) is 90.5 cm³/mol. The van der Waals surface area contributed by atoms with E-state index in [1.165, 1.54) is 0 Å². The standard InChI is InChI=1S/C13H14Br2N2O3S/c14-9-1-2-11(10(15)7-9)20-8-12(18)16-13(21)17-3-5-19-6-4-17/h1-2,7H,3-6,8H2,(H,16,18,21). The van der Waals surface area contributed by atoms with Gasteiger partial charge < -0.3 is 19.7 Å². The van der Waals surface area contributed by atoms with Gasteiger partial charge in [0.15, 0.2) is 11.7 Å². The van der Waals surface area contributed by atoms with Gasteiger partial charge in [0, 0.05) is 17.6 Å². The number of rotatable bonds is 3. The van der Waals surface area contributed by atoms with Gasteiger partial charge >= 0.3 is 0 Å². The second-order valence-electron chi connectivity index (χ2n) is 4.32. The Kier molecular flexibility index (Phi) is 6.40. The summed E-state index contributed by atoms with van der Waals surface area (Å²) in [4.78, 5) is 13.8. The molecule has 1 aliphatic heterocycles. The van der Waals surface area contributed by atoms with Crippen LogP contribution >= 0.6 is 44.1 Å². The highest BCUT2D eigenvalue weighted by Crippen LogP contribution is 2.28. The van der Waals surface area contributed by atoms with E-state index in [1.807, 2.05) is 17.0 Å². The van der Waals surface area contributed by atoms with Crippen LogP contribution < -0.4 is 10.1 Å². The smallest absolute Gasteiger partial charge is 0.264 e. The number of benzene rings is 1. The number of nitrogens with one attached hydrogen (secondary N) is 1. The first-order valence-corrected chi connectivity index (χ1v) is 8.30. The maximum absolute atomic E-state index is 11.8. The summed E-state index contributed by atoms with van der Waals surface area (Å²) in [5.74, 6) is 0.326. The molecule has 0 aliphatic carbocycles. The van der Waals surface area contributed by atoms with E-state index in [4.69, 9.17) is 21.7 Å². The van der Waals surface area contributed by atoms with Crippen LogP contribution in [-0.2, 0) is 9.53 Å². The van der Waals surface area contributed by atoms with E-state index >= 15 is 0 Å². The molecule has 1 heterocycles. The van der Waals surface area contributed by atoms with Gasteiger partial charge in [0.05, 0.1) is 17.7 Å². The van der Waals surface area contributed by atoms with Crippen LogP contribution in [0.4, 0.5) is 0 Å². The van der Waals surface area contributed by atoms with E-state index < -0.39 is 0 Å². The van der Waals surface area contributed by atoms with Crippen LogP contribution in [0.5, 0.6) is 5.75 Å². The highest BCUT2D eigenvalue weighted by atomic mass is 79.9. The maximum Gasteiger partial charge on any atom is 0.264 e. The number of carbonyl (C=O) groups excluding carboxylic acids is 1. The molecule has 1 N–H and O–H groups in total. The highest BCUT2D eigenvalue weighted by molar-refractivity contribution is 9.11. The fourth-order valence-corrected chi connectivity index (χ4v) is 3.19. The molecule has 0 bridgehead atoms. The lowest BCUT2D eigenvalue weighted by Gasteiger charge is -2.28. The van der Waals surface area contributed by atoms with Crippen molar-refractivity contribution in [2.24, 2.45) is 0 Å². The highest BCUT2D eigenvalue weighted by Gasteiger charge is 2.16. The van der Waals surface area contributed by atoms with Gasteiger partial charge in [-0.15, -0.1) is 0 Å². The molecule has 1 aliphatic rings. The monoisotopic (exact) mass is 436 g/mol. The zero-order valence-electron chi connectivity index (χ0n) is 11.1. The number of thiocarbonyl (C=S) groups is 1. The SMILES string of the molecule is O=C(COc1ccc(Br)cc1Br)NC(=S)N1CCOCC1. The first-order valence-electron chi connectivity index (χ1n) is 6.30. The molecule has 1 amide bonds. The number of carbonyl (C=O) groups is 1. The third kappa shape index (κ3) is 5.21. The summed E-state index contributed by atoms with van der Waals surface area (Å²) >= 11 is 11.9. The van der Waals surface area contributed by atoms with Crippen molar-refractivity contribution in [2.45, 2.75) is 0 Å². The Balaban J connectivity index is 1.80. The minimum atomic E-state index is -0.277. The number of hydrogen-bond donors (Lipinski definition) is 1. The topological polar surface area (TPSA) is 50.8 Å². The average Bonchev–Trinajstić information content (AvgIpc) is 2.47. The Morgan fingerprint density at radius 2 is 2.10 bits per heavy atom. The molecule has 8 heteroatoms. The molecule has 1 aromatic carbocycles. The Morgan fingerprint density at radius 3 is 2.76 bits per heavy atom. The molecule has 114 valence electrons. The van der Waals surface area contributed by atoms with Crippen LogP contribution in [0.25, 0.3) is 0 Å². The maximum atomic E-state index is 11.8. The van der Waals surface area contributed by atoms with Gasteiger partial charge in [-0.2, -0.15) is 0 Å². The van der Waals surface area contributed by atoms with Gasteiger partial charge in [0.2, 0.25) is 0 Å². The molecule has 1 saturated heterocycles. The third-order valence-corrected chi connectivity index (χ3v) is 4.27. The van der Waals surface area contributed by atoms with E-state index in [-0.39, 0.29) is 12.5 Å². The van der Waals surface area contributed by atoms with Crippen LogP contribution in [0.15, 0.2) is 27.1 Å². The summed E-state index contributed by atoms with van der Waals surface area (Å²) in [5.41, 5.74) is 0. The van der Waals surface area contributed by atoms with Gasteiger partial charge in [-0.05, 0) is 46.3 Å². The molecule has 21 heavy (non-hydrogen) atoms. The van der Waals surface area contributed by atoms with E-state index in [9.17, 15) is 4.79 Å². The fraction of sp³-hybridized carbons (Fsp3) is 0.385. The zero-order chi connectivity index (χ0) is 15.2. The van der Waals surface area contributed by atoms with Crippen LogP contribution in [0.1, 0.15) is 0 Å². The summed E-state index contributed by atoms with van der Waals surface area (Å²) in [6.07, 6.45) is 0. The summed E-state index contributed by atoms with van der Waals surface area (Å²) in [6, 6.07) is 5.48. The molecule has 0 aromatic heterocycles. The van der Waals surface area contributed by atoms with E-state index in [1.54, 1.807) is 6.07 Å². The van der Waals surface area contributed by atoms with Crippen molar-refractivity contribution in [3.05, 3.63) is 27.1 Å². The molecule has 1 aromatic rings. The lowest BCUT2D eigenvalue weighted by atomic mass is 10.3. The molecule has 2 rings (SSSR count). The van der Waals surface area contributed by atoms with Crippen molar-refractivity contribution in [1.82, 2.24) is 10.2 Å². The zero-order valence-corrected chi connectivity index (χ0v) is 15.1. The largest absolute Gasteiger partial charge is 0.483 e. The number of halogens is 2. The Morgan fingerprint density at radius 1 is 1.38 bits per heavy atom. The van der Waals surface area contributed by atoms with Crippen molar-refractivity contribution in [3.8, 4) is 5.75 Å². The van der Waals surface area contributed by atoms with Crippen LogP contribution in [0.3, 0.4) is 0 Å². The number of nitrogens with zero attached hydrogens (tertiary/aromatic N) is 1. The van der Waals surface area contributed by atoms with Gasteiger partial charge in [-0.3, -0.25) is 4.79 Å². The van der Waals surface area contributed by atoms with Crippen LogP contribution in [-0.4, -0.2) is 48.8 Å². The number of morpholine rings is 1. The molecule has 1 fully saturated rings. The first-order chi connectivity index (χ1) is 10.1. The first kappa shape index (κ1) is 16.7. The molecule has 0 unspecified atom stereocenters. The van der Waals surface area contributed by atoms with Gasteiger partial charge in [-0.1, -0.05) is 15.9 Å². The fourth-order valence-electron chi connectivity index (χ4n) is 1.74. The Hall–Kier alpha value is -0.700. The summed E-state index contributed by atoms with van der Waals surface area (Å²) in [7, 11) is 0. The van der Waals surface area contributed by atoms with Gasteiger partial charge in [0.1, 0.15) is 5.75 Å². The summed E-state index contributed by atoms with van der Waals surface area (Å²) < 4.78 is 12.4. The van der Waals surface area contributed by atoms with Gasteiger partial charge in [0.25, 0.3) is 5.91 Å². The lowest BCUT2D eigenvalue weighted by molar-refractivity contribution is -0.121. The minimum Gasteiger partial charge on any atom is -0.483 e. The molecule has 0 spiro atoms. The Bertz CT molecular complexity index is 536. The number of hydrogen-bond acceptors (Lipinski definition) is 4. The van der Waals surface area contributed by atoms with Crippen molar-refractivity contribution in [3.63, 3.8) is 0 Å². The normalized spacial score (nSPS) is 14.7. The molecule has 0 radical (unpaired) electrons. The summed E-state index contributed by atoms with van der Waals surface area (Å²) in [5, 5.41) is 3.08. The molecular weight excluding hydrogens is 424 g/mol. The molecule has 5 nitrogen and oxygen atoms in total. The minimum absolute atomic E-state index is 0.0925. The number of amides is 1. The lowest BCUT2D eigenvalue weighted by Crippen LogP contribution is -2.48. The molecule has 0 saturated carbocycles. The third-order valence-electron chi connectivity index (χ3n) is 2.80. The molecule has 0 atom stereocenters. The second kappa shape index (κ2) is 8.07. The van der Waals surface area contributed by atoms with Gasteiger partial charge in [-0.25, -0.2) is 0 Å². The van der Waals surface area contributed by atoms with Crippen LogP contribution in [0.2, 0.25) is 0 Å². The Labute approximate surface area is 145 Å². The van der Waals surface area contributed by atoms with Crippen molar-refractivity contribution in [2.75, 3.05) is 32.9 Å². The predicted octanol–water partition coefficient (Wildman–Crippen LogP) is 2.32. The average molecular weight is 438 g/mol. The van der Waals surface area contributed by atoms with Crippen molar-refractivity contribution in [1.29, 1.82) is 0 Å². The van der Waals surface area contributed by atoms with Crippen molar-refractivity contribution >= 4 is 55.1 Å². The van der Waals surface area contributed by atoms with E-state index in [2.05, 4.69) is 37.2 Å². The summed E-state index contributed by atoms with van der Waals surface area (Å²) in [6.45, 7) is 2.54. The van der Waals surface area contributed by atoms with E-state index in [0.29, 0.717) is 37.2 Å². The molecular formula is C13H14Br2N2O3S.